The van der Waals surface area contributed by atoms with Crippen LogP contribution in [0.5, 0.6) is 0 Å². The van der Waals surface area contributed by atoms with Crippen molar-refractivity contribution >= 4 is 29.2 Å². The van der Waals surface area contributed by atoms with Crippen molar-refractivity contribution < 1.29 is 14.0 Å². The first kappa shape index (κ1) is 21.6. The highest BCUT2D eigenvalue weighted by atomic mass is 32.1. The second-order valence-corrected chi connectivity index (χ2v) is 8.82. The van der Waals surface area contributed by atoms with E-state index in [1.54, 1.807) is 24.3 Å². The fraction of sp³-hybridized carbons (Fsp3) is 0.435. The van der Waals surface area contributed by atoms with Crippen LogP contribution >= 0.6 is 11.3 Å². The maximum absolute atomic E-state index is 13.1. The van der Waals surface area contributed by atoms with Crippen LogP contribution in [-0.4, -0.2) is 77.3 Å². The standard InChI is InChI=1S/C23H27FN4O2S/c24-19-6-4-18(5-7-19)23-25-20(17-31-23)8-9-21(29)28-14-12-26(13-15-28)16-22(30)27-10-2-1-3-11-27/h4-9,17H,1-3,10-16H2. The summed E-state index contributed by atoms with van der Waals surface area (Å²) >= 11 is 1.46. The Labute approximate surface area is 186 Å². The first-order chi connectivity index (χ1) is 15.1. The summed E-state index contributed by atoms with van der Waals surface area (Å²) in [7, 11) is 0. The summed E-state index contributed by atoms with van der Waals surface area (Å²) in [6.45, 7) is 4.86. The van der Waals surface area contributed by atoms with Gasteiger partial charge < -0.3 is 9.80 Å². The summed E-state index contributed by atoms with van der Waals surface area (Å²) in [6.07, 6.45) is 6.69. The van der Waals surface area contributed by atoms with Gasteiger partial charge in [0.1, 0.15) is 10.8 Å². The quantitative estimate of drug-likeness (QED) is 0.668. The Balaban J connectivity index is 1.25. The Bertz CT molecular complexity index is 929. The maximum Gasteiger partial charge on any atom is 0.246 e. The van der Waals surface area contributed by atoms with Gasteiger partial charge in [-0.15, -0.1) is 11.3 Å². The van der Waals surface area contributed by atoms with Gasteiger partial charge in [-0.2, -0.15) is 0 Å². The van der Waals surface area contributed by atoms with E-state index in [9.17, 15) is 14.0 Å². The molecular weight excluding hydrogens is 415 g/mol. The Morgan fingerprint density at radius 2 is 1.68 bits per heavy atom. The molecule has 2 amide bonds. The van der Waals surface area contributed by atoms with Crippen molar-refractivity contribution in [3.63, 3.8) is 0 Å². The molecule has 0 spiro atoms. The molecular formula is C23H27FN4O2S. The van der Waals surface area contributed by atoms with Crippen LogP contribution in [-0.2, 0) is 9.59 Å². The summed E-state index contributed by atoms with van der Waals surface area (Å²) in [6, 6.07) is 6.22. The van der Waals surface area contributed by atoms with Crippen LogP contribution in [0.2, 0.25) is 0 Å². The third-order valence-corrected chi connectivity index (χ3v) is 6.67. The summed E-state index contributed by atoms with van der Waals surface area (Å²) in [5.74, 6) is -0.111. The van der Waals surface area contributed by atoms with E-state index in [2.05, 4.69) is 9.88 Å². The van der Waals surface area contributed by atoms with Gasteiger partial charge >= 0.3 is 0 Å². The molecule has 2 aliphatic heterocycles. The van der Waals surface area contributed by atoms with E-state index in [0.717, 1.165) is 36.5 Å². The number of amides is 2. The Kier molecular flexibility index (Phi) is 7.09. The molecule has 2 saturated heterocycles. The van der Waals surface area contributed by atoms with E-state index in [-0.39, 0.29) is 17.6 Å². The van der Waals surface area contributed by atoms with Gasteiger partial charge in [0.15, 0.2) is 0 Å². The zero-order chi connectivity index (χ0) is 21.6. The predicted molar refractivity (Wildman–Crippen MR) is 120 cm³/mol. The first-order valence-electron chi connectivity index (χ1n) is 10.8. The fourth-order valence-electron chi connectivity index (χ4n) is 3.91. The van der Waals surface area contributed by atoms with Crippen LogP contribution in [0, 0.1) is 5.82 Å². The Morgan fingerprint density at radius 3 is 2.39 bits per heavy atom. The number of halogens is 1. The summed E-state index contributed by atoms with van der Waals surface area (Å²) in [5, 5.41) is 2.67. The monoisotopic (exact) mass is 442 g/mol. The topological polar surface area (TPSA) is 56.8 Å². The van der Waals surface area contributed by atoms with Crippen LogP contribution < -0.4 is 0 Å². The fourth-order valence-corrected chi connectivity index (χ4v) is 4.70. The molecule has 2 fully saturated rings. The van der Waals surface area contributed by atoms with Crippen molar-refractivity contribution in [1.82, 2.24) is 19.7 Å². The van der Waals surface area contributed by atoms with Gasteiger partial charge in [-0.25, -0.2) is 9.37 Å². The molecule has 164 valence electrons. The van der Waals surface area contributed by atoms with E-state index in [1.807, 2.05) is 15.2 Å². The average molecular weight is 443 g/mol. The molecule has 2 aliphatic rings. The highest BCUT2D eigenvalue weighted by molar-refractivity contribution is 7.13. The van der Waals surface area contributed by atoms with E-state index < -0.39 is 0 Å². The number of hydrogen-bond acceptors (Lipinski definition) is 5. The first-order valence-corrected chi connectivity index (χ1v) is 11.6. The van der Waals surface area contributed by atoms with E-state index in [4.69, 9.17) is 0 Å². The molecule has 1 aromatic carbocycles. The molecule has 0 N–H and O–H groups in total. The van der Waals surface area contributed by atoms with Crippen molar-refractivity contribution in [3.05, 3.63) is 47.2 Å². The lowest BCUT2D eigenvalue weighted by atomic mass is 10.1. The predicted octanol–water partition coefficient (Wildman–Crippen LogP) is 3.12. The number of aromatic nitrogens is 1. The SMILES string of the molecule is O=C(C=Cc1csc(-c2ccc(F)cc2)n1)N1CCN(CC(=O)N2CCCCC2)CC1. The zero-order valence-corrected chi connectivity index (χ0v) is 18.3. The van der Waals surface area contributed by atoms with Gasteiger partial charge in [0, 0.05) is 56.3 Å². The number of carbonyl (C=O) groups excluding carboxylic acids is 2. The third kappa shape index (κ3) is 5.77. The minimum atomic E-state index is -0.276. The van der Waals surface area contributed by atoms with Crippen LogP contribution in [0.25, 0.3) is 16.6 Å². The lowest BCUT2D eigenvalue weighted by molar-refractivity contribution is -0.134. The van der Waals surface area contributed by atoms with Crippen molar-refractivity contribution in [2.24, 2.45) is 0 Å². The number of thiazole rings is 1. The summed E-state index contributed by atoms with van der Waals surface area (Å²) in [5.41, 5.74) is 1.57. The van der Waals surface area contributed by atoms with Crippen LogP contribution in [0.1, 0.15) is 25.0 Å². The maximum atomic E-state index is 13.1. The average Bonchev–Trinajstić information content (AvgIpc) is 3.28. The van der Waals surface area contributed by atoms with E-state index >= 15 is 0 Å². The van der Waals surface area contributed by atoms with Crippen LogP contribution in [0.3, 0.4) is 0 Å². The van der Waals surface area contributed by atoms with Crippen LogP contribution in [0.4, 0.5) is 4.39 Å². The normalized spacial score (nSPS) is 18.0. The van der Waals surface area contributed by atoms with Gasteiger partial charge in [0.2, 0.25) is 11.8 Å². The lowest BCUT2D eigenvalue weighted by Crippen LogP contribution is -2.51. The zero-order valence-electron chi connectivity index (χ0n) is 17.5. The molecule has 4 rings (SSSR count). The smallest absolute Gasteiger partial charge is 0.246 e. The minimum Gasteiger partial charge on any atom is -0.342 e. The minimum absolute atomic E-state index is 0.0432. The molecule has 0 atom stereocenters. The van der Waals surface area contributed by atoms with Crippen LogP contribution in [0.15, 0.2) is 35.7 Å². The molecule has 2 aromatic rings. The number of piperazine rings is 1. The lowest BCUT2D eigenvalue weighted by Gasteiger charge is -2.35. The molecule has 1 aromatic heterocycles. The van der Waals surface area contributed by atoms with Crippen molar-refractivity contribution in [3.8, 4) is 10.6 Å². The molecule has 0 unspecified atom stereocenters. The Hall–Kier alpha value is -2.58. The highest BCUT2D eigenvalue weighted by Crippen LogP contribution is 2.24. The Morgan fingerprint density at radius 1 is 0.968 bits per heavy atom. The second kappa shape index (κ2) is 10.2. The molecule has 3 heterocycles. The molecule has 6 nitrogen and oxygen atoms in total. The molecule has 0 saturated carbocycles. The van der Waals surface area contributed by atoms with E-state index in [1.165, 1.54) is 29.9 Å². The van der Waals surface area contributed by atoms with E-state index in [0.29, 0.717) is 38.4 Å². The number of rotatable bonds is 5. The molecule has 31 heavy (non-hydrogen) atoms. The van der Waals surface area contributed by atoms with Gasteiger partial charge in [-0.1, -0.05) is 0 Å². The molecule has 0 radical (unpaired) electrons. The summed E-state index contributed by atoms with van der Waals surface area (Å²) < 4.78 is 13.1. The summed E-state index contributed by atoms with van der Waals surface area (Å²) in [4.78, 5) is 35.4. The number of likely N-dealkylation sites (tertiary alicyclic amines) is 1. The number of hydrogen-bond donors (Lipinski definition) is 0. The van der Waals surface area contributed by atoms with Crippen molar-refractivity contribution in [1.29, 1.82) is 0 Å². The molecule has 0 aliphatic carbocycles. The number of carbonyl (C=O) groups is 2. The molecule has 8 heteroatoms. The third-order valence-electron chi connectivity index (χ3n) is 5.76. The van der Waals surface area contributed by atoms with Gasteiger partial charge in [0.05, 0.1) is 12.2 Å². The van der Waals surface area contributed by atoms with Crippen molar-refractivity contribution in [2.45, 2.75) is 19.3 Å². The van der Waals surface area contributed by atoms with Gasteiger partial charge in [-0.05, 0) is 49.6 Å². The number of piperidine rings is 1. The van der Waals surface area contributed by atoms with Gasteiger partial charge in [0.25, 0.3) is 0 Å². The van der Waals surface area contributed by atoms with Gasteiger partial charge in [-0.3, -0.25) is 14.5 Å². The highest BCUT2D eigenvalue weighted by Gasteiger charge is 2.24. The number of benzene rings is 1. The van der Waals surface area contributed by atoms with Crippen molar-refractivity contribution in [2.75, 3.05) is 45.8 Å². The second-order valence-electron chi connectivity index (χ2n) is 7.96. The molecule has 0 bridgehead atoms. The number of nitrogens with zero attached hydrogens (tertiary/aromatic N) is 4. The largest absolute Gasteiger partial charge is 0.342 e.